The topological polar surface area (TPSA) is 76.3 Å². The predicted octanol–water partition coefficient (Wildman–Crippen LogP) is 0.621. The van der Waals surface area contributed by atoms with E-state index < -0.39 is 0 Å². The van der Waals surface area contributed by atoms with Gasteiger partial charge in [0.2, 0.25) is 0 Å². The molecule has 1 saturated heterocycles. The summed E-state index contributed by atoms with van der Waals surface area (Å²) in [6.45, 7) is 3.95. The maximum Gasteiger partial charge on any atom is 0.158 e. The zero-order valence-electron chi connectivity index (χ0n) is 10.8. The first-order valence-electron chi connectivity index (χ1n) is 6.30. The van der Waals surface area contributed by atoms with Gasteiger partial charge in [-0.2, -0.15) is 0 Å². The molecule has 0 radical (unpaired) electrons. The third kappa shape index (κ3) is 3.63. The summed E-state index contributed by atoms with van der Waals surface area (Å²) in [5, 5.41) is 0. The molecule has 0 spiro atoms. The van der Waals surface area contributed by atoms with E-state index in [0.717, 1.165) is 31.9 Å². The minimum Gasteiger partial charge on any atom is -0.384 e. The van der Waals surface area contributed by atoms with Crippen molar-refractivity contribution in [2.75, 3.05) is 32.2 Å². The van der Waals surface area contributed by atoms with Gasteiger partial charge in [0.1, 0.15) is 0 Å². The molecule has 1 aromatic rings. The Kier molecular flexibility index (Phi) is 4.86. The van der Waals surface area contributed by atoms with Gasteiger partial charge in [-0.15, -0.1) is 0 Å². The second kappa shape index (κ2) is 6.63. The Morgan fingerprint density at radius 3 is 2.72 bits per heavy atom. The van der Waals surface area contributed by atoms with Gasteiger partial charge in [-0.05, 0) is 31.8 Å². The van der Waals surface area contributed by atoms with Gasteiger partial charge in [0.25, 0.3) is 0 Å². The van der Waals surface area contributed by atoms with Crippen LogP contribution < -0.4 is 11.3 Å². The molecule has 1 fully saturated rings. The summed E-state index contributed by atoms with van der Waals surface area (Å²) in [4.78, 5) is 10.9. The molecule has 0 saturated carbocycles. The summed E-state index contributed by atoms with van der Waals surface area (Å²) in [6, 6.07) is 0. The number of rotatable bonds is 5. The Hall–Kier alpha value is -1.24. The van der Waals surface area contributed by atoms with Crippen molar-refractivity contribution in [1.82, 2.24) is 14.9 Å². The first-order valence-corrected chi connectivity index (χ1v) is 6.30. The van der Waals surface area contributed by atoms with E-state index in [4.69, 9.17) is 10.6 Å². The first-order chi connectivity index (χ1) is 8.81. The third-order valence-electron chi connectivity index (χ3n) is 3.35. The van der Waals surface area contributed by atoms with E-state index in [-0.39, 0.29) is 0 Å². The van der Waals surface area contributed by atoms with E-state index in [0.29, 0.717) is 11.7 Å². The van der Waals surface area contributed by atoms with Crippen LogP contribution in [0.3, 0.4) is 0 Å². The number of ether oxygens (including phenoxy) is 1. The highest BCUT2D eigenvalue weighted by atomic mass is 16.5. The summed E-state index contributed by atoms with van der Waals surface area (Å²) in [6.07, 6.45) is 5.83. The number of nitrogens with one attached hydrogen (secondary N) is 1. The van der Waals surface area contributed by atoms with Crippen molar-refractivity contribution in [3.05, 3.63) is 18.1 Å². The molecule has 100 valence electrons. The molecule has 1 aliphatic rings. The summed E-state index contributed by atoms with van der Waals surface area (Å²) >= 11 is 0. The molecule has 1 aromatic heterocycles. The van der Waals surface area contributed by atoms with Crippen LogP contribution in [0.4, 0.5) is 5.82 Å². The lowest BCUT2D eigenvalue weighted by molar-refractivity contribution is 0.0963. The fourth-order valence-corrected chi connectivity index (χ4v) is 2.29. The van der Waals surface area contributed by atoms with E-state index in [1.54, 1.807) is 19.5 Å². The van der Waals surface area contributed by atoms with E-state index in [2.05, 4.69) is 20.3 Å². The lowest BCUT2D eigenvalue weighted by atomic mass is 9.98. The van der Waals surface area contributed by atoms with Crippen molar-refractivity contribution in [2.45, 2.75) is 19.4 Å². The molecule has 2 rings (SSSR count). The highest BCUT2D eigenvalue weighted by Gasteiger charge is 2.19. The minimum atomic E-state index is 0.595. The van der Waals surface area contributed by atoms with Crippen molar-refractivity contribution < 1.29 is 4.74 Å². The molecule has 0 amide bonds. The Bertz CT molecular complexity index is 348. The zero-order valence-corrected chi connectivity index (χ0v) is 10.8. The summed E-state index contributed by atoms with van der Waals surface area (Å²) < 4.78 is 5.20. The Labute approximate surface area is 108 Å². The van der Waals surface area contributed by atoms with Gasteiger partial charge in [-0.1, -0.05) is 0 Å². The van der Waals surface area contributed by atoms with Crippen LogP contribution in [-0.2, 0) is 11.3 Å². The smallest absolute Gasteiger partial charge is 0.158 e. The van der Waals surface area contributed by atoms with Gasteiger partial charge < -0.3 is 10.2 Å². The summed E-state index contributed by atoms with van der Waals surface area (Å²) in [5.41, 5.74) is 3.46. The lowest BCUT2D eigenvalue weighted by Gasteiger charge is -2.31. The van der Waals surface area contributed by atoms with Gasteiger partial charge >= 0.3 is 0 Å². The van der Waals surface area contributed by atoms with E-state index in [1.165, 1.54) is 12.8 Å². The number of nitrogens with zero attached hydrogens (tertiary/aromatic N) is 3. The number of methoxy groups -OCH3 is 1. The zero-order chi connectivity index (χ0) is 12.8. The molecule has 0 atom stereocenters. The van der Waals surface area contributed by atoms with Crippen LogP contribution in [0.1, 0.15) is 18.5 Å². The van der Waals surface area contributed by atoms with Gasteiger partial charge in [-0.25, -0.2) is 10.8 Å². The van der Waals surface area contributed by atoms with E-state index in [9.17, 15) is 0 Å². The van der Waals surface area contributed by atoms with Crippen molar-refractivity contribution in [1.29, 1.82) is 0 Å². The van der Waals surface area contributed by atoms with Crippen LogP contribution in [0, 0.1) is 5.92 Å². The van der Waals surface area contributed by atoms with Crippen molar-refractivity contribution >= 4 is 5.82 Å². The number of hydrogen-bond donors (Lipinski definition) is 2. The standard InChI is InChI=1S/C12H21N5O/c1-18-9-10-2-4-17(5-3-10)8-11-6-15-12(16-13)7-14-11/h6-7,10H,2-5,8-9,13H2,1H3,(H,15,16). The predicted molar refractivity (Wildman–Crippen MR) is 69.7 cm³/mol. The quantitative estimate of drug-likeness (QED) is 0.590. The molecule has 0 unspecified atom stereocenters. The fraction of sp³-hybridized carbons (Fsp3) is 0.667. The Balaban J connectivity index is 1.80. The van der Waals surface area contributed by atoms with Crippen molar-refractivity contribution in [3.8, 4) is 0 Å². The monoisotopic (exact) mass is 251 g/mol. The minimum absolute atomic E-state index is 0.595. The lowest BCUT2D eigenvalue weighted by Crippen LogP contribution is -2.34. The molecule has 1 aliphatic heterocycles. The normalized spacial score (nSPS) is 17.9. The average molecular weight is 251 g/mol. The second-order valence-electron chi connectivity index (χ2n) is 4.71. The summed E-state index contributed by atoms with van der Waals surface area (Å²) in [5.74, 6) is 6.56. The van der Waals surface area contributed by atoms with Crippen molar-refractivity contribution in [3.63, 3.8) is 0 Å². The van der Waals surface area contributed by atoms with Crippen LogP contribution in [0.5, 0.6) is 0 Å². The fourth-order valence-electron chi connectivity index (χ4n) is 2.29. The first kappa shape index (κ1) is 13.2. The van der Waals surface area contributed by atoms with Crippen LogP contribution in [0.25, 0.3) is 0 Å². The molecule has 6 heteroatoms. The van der Waals surface area contributed by atoms with Crippen LogP contribution >= 0.6 is 0 Å². The molecule has 3 N–H and O–H groups in total. The van der Waals surface area contributed by atoms with Crippen molar-refractivity contribution in [2.24, 2.45) is 11.8 Å². The van der Waals surface area contributed by atoms with E-state index in [1.807, 2.05) is 0 Å². The van der Waals surface area contributed by atoms with Gasteiger partial charge in [0, 0.05) is 20.3 Å². The largest absolute Gasteiger partial charge is 0.384 e. The van der Waals surface area contributed by atoms with Crippen LogP contribution in [0.2, 0.25) is 0 Å². The maximum absolute atomic E-state index is 5.25. The number of piperidine rings is 1. The van der Waals surface area contributed by atoms with Gasteiger partial charge in [-0.3, -0.25) is 9.88 Å². The third-order valence-corrected chi connectivity index (χ3v) is 3.35. The molecule has 2 heterocycles. The maximum atomic E-state index is 5.25. The highest BCUT2D eigenvalue weighted by Crippen LogP contribution is 2.18. The number of nitrogens with two attached hydrogens (primary N) is 1. The molecular weight excluding hydrogens is 230 g/mol. The van der Waals surface area contributed by atoms with E-state index >= 15 is 0 Å². The Morgan fingerprint density at radius 1 is 1.39 bits per heavy atom. The molecule has 0 aliphatic carbocycles. The number of anilines is 1. The van der Waals surface area contributed by atoms with Gasteiger partial charge in [0.15, 0.2) is 5.82 Å². The molecule has 0 aromatic carbocycles. The highest BCUT2D eigenvalue weighted by molar-refractivity contribution is 5.28. The number of likely N-dealkylation sites (tertiary alicyclic amines) is 1. The number of hydrazine groups is 1. The van der Waals surface area contributed by atoms with Gasteiger partial charge in [0.05, 0.1) is 18.1 Å². The average Bonchev–Trinajstić information content (AvgIpc) is 2.42. The second-order valence-corrected chi connectivity index (χ2v) is 4.71. The van der Waals surface area contributed by atoms with Crippen LogP contribution in [0.15, 0.2) is 12.4 Å². The molecule has 18 heavy (non-hydrogen) atoms. The SMILES string of the molecule is COCC1CCN(Cc2cnc(NN)cn2)CC1. The molecule has 0 bridgehead atoms. The number of hydrogen-bond acceptors (Lipinski definition) is 6. The number of nitrogen functional groups attached to an aromatic ring is 1. The number of aromatic nitrogens is 2. The van der Waals surface area contributed by atoms with Crippen LogP contribution in [-0.4, -0.2) is 41.7 Å². The molecular formula is C12H21N5O. The Morgan fingerprint density at radius 2 is 2.17 bits per heavy atom. The molecule has 6 nitrogen and oxygen atoms in total. The summed E-state index contributed by atoms with van der Waals surface area (Å²) in [7, 11) is 1.77.